The summed E-state index contributed by atoms with van der Waals surface area (Å²) in [5.41, 5.74) is 0. The van der Waals surface area contributed by atoms with Crippen molar-refractivity contribution in [1.29, 1.82) is 0 Å². The van der Waals surface area contributed by atoms with Gasteiger partial charge in [-0.1, -0.05) is 36.4 Å². The van der Waals surface area contributed by atoms with Gasteiger partial charge in [0.1, 0.15) is 5.75 Å². The lowest BCUT2D eigenvalue weighted by Crippen LogP contribution is -2.21. The second-order valence-electron chi connectivity index (χ2n) is 3.54. The van der Waals surface area contributed by atoms with Gasteiger partial charge >= 0.3 is 9.53 Å². The highest BCUT2D eigenvalue weighted by atomic mass is 28.3. The summed E-state index contributed by atoms with van der Waals surface area (Å²) >= 11 is 0. The van der Waals surface area contributed by atoms with E-state index in [1.165, 1.54) is 10.8 Å². The summed E-state index contributed by atoms with van der Waals surface area (Å²) in [6.07, 6.45) is 0. The van der Waals surface area contributed by atoms with Gasteiger partial charge in [-0.2, -0.15) is 0 Å². The van der Waals surface area contributed by atoms with Crippen LogP contribution in [0.2, 0.25) is 0 Å². The number of benzene rings is 2. The molecule has 0 N–H and O–H groups in total. The molecule has 0 atom stereocenters. The van der Waals surface area contributed by atoms with Crippen molar-refractivity contribution >= 4 is 20.3 Å². The minimum Gasteiger partial charge on any atom is -0.496 e. The zero-order valence-electron chi connectivity index (χ0n) is 11.7. The van der Waals surface area contributed by atoms with Gasteiger partial charge in [-0.3, -0.25) is 0 Å². The van der Waals surface area contributed by atoms with Gasteiger partial charge in [0.05, 0.1) is 7.11 Å². The maximum Gasteiger partial charge on any atom is 0.576 e. The fourth-order valence-electron chi connectivity index (χ4n) is 1.62. The molecule has 19 heavy (non-hydrogen) atoms. The van der Waals surface area contributed by atoms with Crippen LogP contribution in [0.25, 0.3) is 10.8 Å². The summed E-state index contributed by atoms with van der Waals surface area (Å²) in [5, 5.41) is 2.39. The molecule has 103 valence electrons. The molecule has 4 nitrogen and oxygen atoms in total. The van der Waals surface area contributed by atoms with Crippen molar-refractivity contribution in [2.75, 3.05) is 28.4 Å². The number of hydrogen-bond donors (Lipinski definition) is 0. The van der Waals surface area contributed by atoms with Crippen LogP contribution in [0.15, 0.2) is 42.5 Å². The van der Waals surface area contributed by atoms with Crippen molar-refractivity contribution in [3.63, 3.8) is 0 Å². The van der Waals surface area contributed by atoms with Crippen LogP contribution in [0, 0.1) is 0 Å². The fraction of sp³-hybridized carbons (Fsp3) is 0.286. The molecule has 0 saturated carbocycles. The number of ether oxygens (including phenoxy) is 1. The van der Waals surface area contributed by atoms with Crippen molar-refractivity contribution in [1.82, 2.24) is 0 Å². The Morgan fingerprint density at radius 3 is 1.84 bits per heavy atom. The van der Waals surface area contributed by atoms with E-state index in [4.69, 9.17) is 18.0 Å². The Bertz CT molecular complexity index is 475. The minimum atomic E-state index is -1.36. The maximum atomic E-state index is 5.23. The summed E-state index contributed by atoms with van der Waals surface area (Å²) < 4.78 is 19.3. The molecule has 0 heterocycles. The molecule has 0 aliphatic rings. The summed E-state index contributed by atoms with van der Waals surface area (Å²) in [6.45, 7) is 0. The SMILES string of the molecule is CO[Si](OC)OC.COc1cccc2ccccc12. The van der Waals surface area contributed by atoms with E-state index in [2.05, 4.69) is 18.2 Å². The van der Waals surface area contributed by atoms with E-state index in [-0.39, 0.29) is 0 Å². The average molecular weight is 279 g/mol. The van der Waals surface area contributed by atoms with Crippen molar-refractivity contribution in [3.05, 3.63) is 42.5 Å². The zero-order valence-corrected chi connectivity index (χ0v) is 12.7. The third kappa shape index (κ3) is 4.64. The second-order valence-corrected chi connectivity index (χ2v) is 5.27. The smallest absolute Gasteiger partial charge is 0.496 e. The van der Waals surface area contributed by atoms with Gasteiger partial charge in [0.2, 0.25) is 0 Å². The predicted octanol–water partition coefficient (Wildman–Crippen LogP) is 2.76. The molecule has 0 aromatic heterocycles. The molecule has 2 aromatic rings. The molecule has 0 spiro atoms. The summed E-state index contributed by atoms with van der Waals surface area (Å²) in [7, 11) is 5.00. The number of hydrogen-bond acceptors (Lipinski definition) is 4. The van der Waals surface area contributed by atoms with Gasteiger partial charge in [-0.25, -0.2) is 0 Å². The minimum absolute atomic E-state index is 0.938. The van der Waals surface area contributed by atoms with E-state index in [1.807, 2.05) is 24.3 Å². The maximum absolute atomic E-state index is 5.23. The van der Waals surface area contributed by atoms with Crippen LogP contribution in [-0.4, -0.2) is 38.0 Å². The van der Waals surface area contributed by atoms with Crippen LogP contribution >= 0.6 is 0 Å². The first-order valence-electron chi connectivity index (χ1n) is 5.77. The molecule has 0 fully saturated rings. The summed E-state index contributed by atoms with van der Waals surface area (Å²) in [4.78, 5) is 0. The van der Waals surface area contributed by atoms with Crippen LogP contribution in [0.5, 0.6) is 5.75 Å². The molecule has 2 aromatic carbocycles. The van der Waals surface area contributed by atoms with Crippen LogP contribution in [-0.2, 0) is 13.3 Å². The molecule has 0 amide bonds. The Labute approximate surface area is 115 Å². The van der Waals surface area contributed by atoms with Gasteiger partial charge in [0.15, 0.2) is 0 Å². The molecule has 0 unspecified atom stereocenters. The van der Waals surface area contributed by atoms with E-state index in [1.54, 1.807) is 28.4 Å². The Morgan fingerprint density at radius 1 is 0.737 bits per heavy atom. The van der Waals surface area contributed by atoms with Gasteiger partial charge in [-0.15, -0.1) is 0 Å². The molecule has 0 saturated heterocycles. The first kappa shape index (κ1) is 15.7. The molecule has 2 rings (SSSR count). The third-order valence-corrected chi connectivity index (χ3v) is 3.47. The Morgan fingerprint density at radius 2 is 1.32 bits per heavy atom. The van der Waals surface area contributed by atoms with Gasteiger partial charge < -0.3 is 18.0 Å². The highest BCUT2D eigenvalue weighted by Crippen LogP contribution is 2.24. The van der Waals surface area contributed by atoms with Gasteiger partial charge in [-0.05, 0) is 11.5 Å². The summed E-state index contributed by atoms with van der Waals surface area (Å²) in [6, 6.07) is 14.2. The molecule has 0 bridgehead atoms. The van der Waals surface area contributed by atoms with E-state index in [9.17, 15) is 0 Å². The lowest BCUT2D eigenvalue weighted by Gasteiger charge is -2.03. The molecular formula is C14H19O4Si. The Balaban J connectivity index is 0.000000224. The lowest BCUT2D eigenvalue weighted by molar-refractivity contribution is 0.163. The number of methoxy groups -OCH3 is 1. The van der Waals surface area contributed by atoms with Gasteiger partial charge in [0, 0.05) is 26.7 Å². The highest BCUT2D eigenvalue weighted by molar-refractivity contribution is 6.36. The Hall–Kier alpha value is -1.40. The molecule has 5 heteroatoms. The van der Waals surface area contributed by atoms with E-state index in [0.29, 0.717) is 0 Å². The Kier molecular flexibility index (Phi) is 7.13. The standard InChI is InChI=1S/C11H10O.C3H9O3Si/c1-12-11-8-4-6-9-5-2-3-7-10(9)11;1-4-7(5-2)6-3/h2-8H,1H3;1-3H3. The second kappa shape index (κ2) is 8.66. The van der Waals surface area contributed by atoms with E-state index >= 15 is 0 Å². The molecule has 0 aliphatic carbocycles. The quantitative estimate of drug-likeness (QED) is 0.806. The lowest BCUT2D eigenvalue weighted by atomic mass is 10.1. The summed E-state index contributed by atoms with van der Waals surface area (Å²) in [5.74, 6) is 0.938. The monoisotopic (exact) mass is 279 g/mol. The van der Waals surface area contributed by atoms with E-state index in [0.717, 1.165) is 5.75 Å². The molecule has 0 aliphatic heterocycles. The third-order valence-electron chi connectivity index (χ3n) is 2.47. The van der Waals surface area contributed by atoms with Crippen LogP contribution in [0.1, 0.15) is 0 Å². The molecule has 1 radical (unpaired) electrons. The average Bonchev–Trinajstić information content (AvgIpc) is 2.49. The highest BCUT2D eigenvalue weighted by Gasteiger charge is 2.09. The first-order valence-corrected chi connectivity index (χ1v) is 7.00. The van der Waals surface area contributed by atoms with Crippen LogP contribution in [0.4, 0.5) is 0 Å². The molecular weight excluding hydrogens is 260 g/mol. The normalized spacial score (nSPS) is 10.2. The topological polar surface area (TPSA) is 36.9 Å². The van der Waals surface area contributed by atoms with Crippen molar-refractivity contribution < 1.29 is 18.0 Å². The van der Waals surface area contributed by atoms with Crippen LogP contribution in [0.3, 0.4) is 0 Å². The zero-order chi connectivity index (χ0) is 14.1. The van der Waals surface area contributed by atoms with Crippen molar-refractivity contribution in [2.45, 2.75) is 0 Å². The first-order chi connectivity index (χ1) is 9.26. The number of rotatable bonds is 4. The number of fused-ring (bicyclic) bond motifs is 1. The van der Waals surface area contributed by atoms with Gasteiger partial charge in [0.25, 0.3) is 0 Å². The fourth-order valence-corrected chi connectivity index (χ4v) is 2.12. The predicted molar refractivity (Wildman–Crippen MR) is 77.3 cm³/mol. The van der Waals surface area contributed by atoms with E-state index < -0.39 is 9.53 Å². The van der Waals surface area contributed by atoms with Crippen LogP contribution < -0.4 is 4.74 Å². The largest absolute Gasteiger partial charge is 0.576 e. The van der Waals surface area contributed by atoms with Crippen molar-refractivity contribution in [3.8, 4) is 5.75 Å². The van der Waals surface area contributed by atoms with Crippen molar-refractivity contribution in [2.24, 2.45) is 0 Å².